The highest BCUT2D eigenvalue weighted by Gasteiger charge is 2.43. The standard InChI is InChI=1S/C14H22N4O2/c15-13(5-10-6-16-8-17-10)14(20)18-11-1-2-12(18)4-9(3-11)7-19/h6,8-9,11-13,19H,1-5,7,15H2,(H,16,17)/t9?,11-,12+,13-/m0/s1. The fourth-order valence-electron chi connectivity index (χ4n) is 3.71. The first kappa shape index (κ1) is 13.6. The molecule has 0 radical (unpaired) electrons. The number of fused-ring (bicyclic) bond motifs is 2. The van der Waals surface area contributed by atoms with Crippen molar-refractivity contribution in [2.75, 3.05) is 6.61 Å². The quantitative estimate of drug-likeness (QED) is 0.724. The van der Waals surface area contributed by atoms with Gasteiger partial charge in [-0.1, -0.05) is 0 Å². The number of piperidine rings is 1. The fourth-order valence-corrected chi connectivity index (χ4v) is 3.71. The van der Waals surface area contributed by atoms with E-state index in [0.29, 0.717) is 12.3 Å². The SMILES string of the molecule is N[C@@H](Cc1cnc[nH]1)C(=O)N1[C@@H]2CC[C@H]1CC(CO)C2. The van der Waals surface area contributed by atoms with Gasteiger partial charge in [-0.2, -0.15) is 0 Å². The van der Waals surface area contributed by atoms with E-state index in [0.717, 1.165) is 31.4 Å². The van der Waals surface area contributed by atoms with Gasteiger partial charge in [-0.25, -0.2) is 4.98 Å². The number of H-pyrrole nitrogens is 1. The van der Waals surface area contributed by atoms with Crippen LogP contribution < -0.4 is 5.73 Å². The lowest BCUT2D eigenvalue weighted by molar-refractivity contribution is -0.138. The molecule has 1 aromatic heterocycles. The van der Waals surface area contributed by atoms with Crippen LogP contribution in [0.25, 0.3) is 0 Å². The van der Waals surface area contributed by atoms with Crippen LogP contribution in [0.15, 0.2) is 12.5 Å². The highest BCUT2D eigenvalue weighted by molar-refractivity contribution is 5.83. The maximum absolute atomic E-state index is 12.6. The molecule has 1 amide bonds. The molecule has 20 heavy (non-hydrogen) atoms. The lowest BCUT2D eigenvalue weighted by Gasteiger charge is -2.39. The summed E-state index contributed by atoms with van der Waals surface area (Å²) < 4.78 is 0. The van der Waals surface area contributed by atoms with Gasteiger partial charge in [-0.05, 0) is 31.6 Å². The average molecular weight is 278 g/mol. The average Bonchev–Trinajstić information content (AvgIpc) is 3.04. The molecule has 2 bridgehead atoms. The van der Waals surface area contributed by atoms with E-state index in [4.69, 9.17) is 5.73 Å². The van der Waals surface area contributed by atoms with Crippen LogP contribution in [0.5, 0.6) is 0 Å². The van der Waals surface area contributed by atoms with Crippen LogP contribution in [0, 0.1) is 5.92 Å². The Bertz CT molecular complexity index is 448. The third kappa shape index (κ3) is 2.45. The molecule has 3 rings (SSSR count). The molecule has 0 aliphatic carbocycles. The Morgan fingerprint density at radius 2 is 2.20 bits per heavy atom. The van der Waals surface area contributed by atoms with Crippen LogP contribution in [0.1, 0.15) is 31.4 Å². The molecule has 0 aromatic carbocycles. The number of hydrogen-bond acceptors (Lipinski definition) is 4. The predicted molar refractivity (Wildman–Crippen MR) is 73.7 cm³/mol. The van der Waals surface area contributed by atoms with Gasteiger partial charge in [-0.3, -0.25) is 4.79 Å². The molecule has 4 atom stereocenters. The van der Waals surface area contributed by atoms with E-state index in [9.17, 15) is 9.90 Å². The molecule has 0 saturated carbocycles. The van der Waals surface area contributed by atoms with Gasteiger partial charge in [0.25, 0.3) is 0 Å². The van der Waals surface area contributed by atoms with Crippen molar-refractivity contribution < 1.29 is 9.90 Å². The summed E-state index contributed by atoms with van der Waals surface area (Å²) in [6.45, 7) is 0.231. The molecule has 2 saturated heterocycles. The van der Waals surface area contributed by atoms with Gasteiger partial charge >= 0.3 is 0 Å². The summed E-state index contributed by atoms with van der Waals surface area (Å²) in [6.07, 6.45) is 7.72. The summed E-state index contributed by atoms with van der Waals surface area (Å²) in [6, 6.07) is 0.0293. The van der Waals surface area contributed by atoms with Crippen molar-refractivity contribution in [3.8, 4) is 0 Å². The number of aromatic amines is 1. The van der Waals surface area contributed by atoms with Crippen molar-refractivity contribution in [2.45, 2.75) is 50.2 Å². The zero-order valence-electron chi connectivity index (χ0n) is 11.5. The van der Waals surface area contributed by atoms with E-state index < -0.39 is 6.04 Å². The molecule has 6 heteroatoms. The number of aromatic nitrogens is 2. The predicted octanol–water partition coefficient (Wildman–Crippen LogP) is 0.0414. The van der Waals surface area contributed by atoms with E-state index >= 15 is 0 Å². The van der Waals surface area contributed by atoms with Crippen molar-refractivity contribution in [1.29, 1.82) is 0 Å². The first-order valence-electron chi connectivity index (χ1n) is 7.35. The zero-order valence-corrected chi connectivity index (χ0v) is 11.5. The molecular weight excluding hydrogens is 256 g/mol. The second kappa shape index (κ2) is 5.54. The van der Waals surface area contributed by atoms with Crippen molar-refractivity contribution >= 4 is 5.91 Å². The highest BCUT2D eigenvalue weighted by atomic mass is 16.3. The molecule has 4 N–H and O–H groups in total. The van der Waals surface area contributed by atoms with E-state index in [1.807, 2.05) is 4.90 Å². The van der Waals surface area contributed by atoms with Crippen LogP contribution in [-0.4, -0.2) is 50.6 Å². The Hall–Kier alpha value is -1.40. The zero-order chi connectivity index (χ0) is 14.1. The first-order chi connectivity index (χ1) is 9.69. The summed E-state index contributed by atoms with van der Waals surface area (Å²) in [5.41, 5.74) is 6.96. The van der Waals surface area contributed by atoms with Gasteiger partial charge < -0.3 is 20.7 Å². The number of carbonyl (C=O) groups excluding carboxylic acids is 1. The van der Waals surface area contributed by atoms with Gasteiger partial charge in [0.2, 0.25) is 5.91 Å². The minimum absolute atomic E-state index is 0.0449. The normalized spacial score (nSPS) is 30.5. The second-order valence-electron chi connectivity index (χ2n) is 6.04. The molecular formula is C14H22N4O2. The third-order valence-electron chi connectivity index (χ3n) is 4.66. The van der Waals surface area contributed by atoms with Gasteiger partial charge in [0.05, 0.1) is 12.4 Å². The monoisotopic (exact) mass is 278 g/mol. The van der Waals surface area contributed by atoms with E-state index in [1.165, 1.54) is 0 Å². The summed E-state index contributed by atoms with van der Waals surface area (Å²) in [7, 11) is 0. The van der Waals surface area contributed by atoms with Crippen LogP contribution in [-0.2, 0) is 11.2 Å². The Morgan fingerprint density at radius 1 is 1.50 bits per heavy atom. The van der Waals surface area contributed by atoms with E-state index in [1.54, 1.807) is 12.5 Å². The van der Waals surface area contributed by atoms with Crippen LogP contribution >= 0.6 is 0 Å². The lowest BCUT2D eigenvalue weighted by Crippen LogP contribution is -2.53. The number of hydrogen-bond donors (Lipinski definition) is 3. The second-order valence-corrected chi connectivity index (χ2v) is 6.04. The summed E-state index contributed by atoms with van der Waals surface area (Å²) in [5, 5.41) is 9.32. The Kier molecular flexibility index (Phi) is 3.76. The maximum atomic E-state index is 12.6. The number of aliphatic hydroxyl groups is 1. The summed E-state index contributed by atoms with van der Waals surface area (Å²) in [5.74, 6) is 0.392. The van der Waals surface area contributed by atoms with Crippen molar-refractivity contribution in [3.63, 3.8) is 0 Å². The Balaban J connectivity index is 1.65. The molecule has 2 aliphatic heterocycles. The highest BCUT2D eigenvalue weighted by Crippen LogP contribution is 2.38. The molecule has 2 aliphatic rings. The minimum atomic E-state index is -0.510. The smallest absolute Gasteiger partial charge is 0.240 e. The number of aliphatic hydroxyl groups excluding tert-OH is 1. The van der Waals surface area contributed by atoms with Gasteiger partial charge in [-0.15, -0.1) is 0 Å². The number of carbonyl (C=O) groups is 1. The fraction of sp³-hybridized carbons (Fsp3) is 0.714. The lowest BCUT2D eigenvalue weighted by atomic mass is 9.90. The topological polar surface area (TPSA) is 95.2 Å². The number of nitrogens with zero attached hydrogens (tertiary/aromatic N) is 2. The number of nitrogens with one attached hydrogen (secondary N) is 1. The van der Waals surface area contributed by atoms with E-state index in [-0.39, 0.29) is 24.6 Å². The van der Waals surface area contributed by atoms with Gasteiger partial charge in [0.1, 0.15) is 0 Å². The molecule has 2 fully saturated rings. The largest absolute Gasteiger partial charge is 0.396 e. The molecule has 110 valence electrons. The van der Waals surface area contributed by atoms with Crippen LogP contribution in [0.3, 0.4) is 0 Å². The Morgan fingerprint density at radius 3 is 2.75 bits per heavy atom. The van der Waals surface area contributed by atoms with Gasteiger partial charge in [0.15, 0.2) is 0 Å². The number of amides is 1. The third-order valence-corrected chi connectivity index (χ3v) is 4.66. The minimum Gasteiger partial charge on any atom is -0.396 e. The number of rotatable bonds is 4. The maximum Gasteiger partial charge on any atom is 0.240 e. The van der Waals surface area contributed by atoms with Gasteiger partial charge in [0, 0.05) is 37.0 Å². The summed E-state index contributed by atoms with van der Waals surface area (Å²) >= 11 is 0. The number of imidazole rings is 1. The first-order valence-corrected chi connectivity index (χ1v) is 7.35. The Labute approximate surface area is 118 Å². The molecule has 3 heterocycles. The summed E-state index contributed by atoms with van der Waals surface area (Å²) in [4.78, 5) is 21.5. The number of nitrogens with two attached hydrogens (primary N) is 1. The molecule has 1 unspecified atom stereocenters. The molecule has 0 spiro atoms. The van der Waals surface area contributed by atoms with E-state index in [2.05, 4.69) is 9.97 Å². The molecule has 6 nitrogen and oxygen atoms in total. The van der Waals surface area contributed by atoms with Crippen LogP contribution in [0.4, 0.5) is 0 Å². The molecule has 1 aromatic rings. The van der Waals surface area contributed by atoms with Crippen molar-refractivity contribution in [2.24, 2.45) is 11.7 Å². The van der Waals surface area contributed by atoms with Crippen LogP contribution in [0.2, 0.25) is 0 Å². The van der Waals surface area contributed by atoms with Crippen molar-refractivity contribution in [1.82, 2.24) is 14.9 Å². The van der Waals surface area contributed by atoms with Crippen molar-refractivity contribution in [3.05, 3.63) is 18.2 Å².